The van der Waals surface area contributed by atoms with E-state index in [0.717, 1.165) is 12.1 Å². The highest BCUT2D eigenvalue weighted by Crippen LogP contribution is 2.41. The van der Waals surface area contributed by atoms with E-state index in [-0.39, 0.29) is 22.7 Å². The van der Waals surface area contributed by atoms with Crippen molar-refractivity contribution in [2.45, 2.75) is 43.6 Å². The lowest BCUT2D eigenvalue weighted by Crippen LogP contribution is -2.49. The summed E-state index contributed by atoms with van der Waals surface area (Å²) in [5, 5.41) is 3.16. The summed E-state index contributed by atoms with van der Waals surface area (Å²) in [5.41, 5.74) is -4.80. The normalized spacial score (nSPS) is 19.2. The maximum absolute atomic E-state index is 13.6. The molecule has 1 saturated heterocycles. The van der Waals surface area contributed by atoms with Crippen LogP contribution in [0.5, 0.6) is 0 Å². The molecule has 2 aromatic rings. The van der Waals surface area contributed by atoms with E-state index in [9.17, 15) is 35.5 Å². The summed E-state index contributed by atoms with van der Waals surface area (Å²) in [6, 6.07) is 2.67. The summed E-state index contributed by atoms with van der Waals surface area (Å²) < 4.78 is 93.7. The van der Waals surface area contributed by atoms with E-state index in [1.807, 2.05) is 0 Å². The van der Waals surface area contributed by atoms with Gasteiger partial charge in [0, 0.05) is 36.1 Å². The zero-order chi connectivity index (χ0) is 26.5. The first kappa shape index (κ1) is 27.5. The SMILES string of the molecule is CN(C(=O)C(C)(C)c1cc(C(F)(F)F)cc(C(F)(F)F)c1)C1CNCC1c1c(Cl)cc(F)cc1Cl. The largest absolute Gasteiger partial charge is 0.416 e. The lowest BCUT2D eigenvalue weighted by molar-refractivity contribution is -0.144. The van der Waals surface area contributed by atoms with Crippen molar-refractivity contribution in [3.05, 3.63) is 68.4 Å². The van der Waals surface area contributed by atoms with Crippen LogP contribution in [0.4, 0.5) is 30.7 Å². The standard InChI is InChI=1S/C23H21Cl2F7N2O/c1-21(2,11-4-12(22(27,28)29)6-13(5-11)23(30,31)32)20(35)34(3)18-10-33-9-15(18)19-16(24)7-14(26)8-17(19)25/h4-8,15,18,33H,9-10H2,1-3H3. The highest BCUT2D eigenvalue weighted by Gasteiger charge is 2.44. The molecule has 3 rings (SSSR count). The van der Waals surface area contributed by atoms with Gasteiger partial charge in [0.2, 0.25) is 5.91 Å². The second-order valence-electron chi connectivity index (χ2n) is 8.95. The molecule has 12 heteroatoms. The summed E-state index contributed by atoms with van der Waals surface area (Å²) in [4.78, 5) is 14.7. The van der Waals surface area contributed by atoms with Gasteiger partial charge in [0.05, 0.1) is 22.6 Å². The van der Waals surface area contributed by atoms with Crippen LogP contribution in [0, 0.1) is 5.82 Å². The van der Waals surface area contributed by atoms with Gasteiger partial charge in [-0.2, -0.15) is 26.3 Å². The fraction of sp³-hybridized carbons (Fsp3) is 0.435. The second-order valence-corrected chi connectivity index (χ2v) is 9.77. The van der Waals surface area contributed by atoms with Gasteiger partial charge >= 0.3 is 12.4 Å². The molecule has 0 aliphatic carbocycles. The van der Waals surface area contributed by atoms with Crippen LogP contribution < -0.4 is 5.32 Å². The fourth-order valence-corrected chi connectivity index (χ4v) is 5.05. The van der Waals surface area contributed by atoms with Gasteiger partial charge in [-0.15, -0.1) is 0 Å². The van der Waals surface area contributed by atoms with Crippen molar-refractivity contribution < 1.29 is 35.5 Å². The molecule has 2 aromatic carbocycles. The van der Waals surface area contributed by atoms with Crippen LogP contribution in [-0.2, 0) is 22.6 Å². The zero-order valence-corrected chi connectivity index (χ0v) is 20.2. The van der Waals surface area contributed by atoms with E-state index in [1.54, 1.807) is 0 Å². The molecule has 0 aromatic heterocycles. The average Bonchev–Trinajstić information content (AvgIpc) is 3.19. The molecule has 3 nitrogen and oxygen atoms in total. The third-order valence-corrected chi connectivity index (χ3v) is 6.88. The monoisotopic (exact) mass is 544 g/mol. The van der Waals surface area contributed by atoms with Crippen molar-refractivity contribution >= 4 is 29.1 Å². The summed E-state index contributed by atoms with van der Waals surface area (Å²) in [6.07, 6.45) is -10.1. The molecular formula is C23H21Cl2F7N2O. The molecule has 0 radical (unpaired) electrons. The highest BCUT2D eigenvalue weighted by atomic mass is 35.5. The molecule has 1 amide bonds. The Kier molecular flexibility index (Phi) is 7.43. The first-order valence-corrected chi connectivity index (χ1v) is 11.1. The van der Waals surface area contributed by atoms with Crippen LogP contribution in [0.25, 0.3) is 0 Å². The summed E-state index contributed by atoms with van der Waals surface area (Å²) >= 11 is 12.4. The number of likely N-dealkylation sites (N-methyl/N-ethyl adjacent to an activating group) is 1. The smallest absolute Gasteiger partial charge is 0.340 e. The minimum absolute atomic E-state index is 0.0171. The first-order valence-electron chi connectivity index (χ1n) is 10.4. The molecule has 0 spiro atoms. The predicted molar refractivity (Wildman–Crippen MR) is 118 cm³/mol. The van der Waals surface area contributed by atoms with Gasteiger partial charge in [-0.25, -0.2) is 4.39 Å². The molecule has 1 aliphatic rings. The van der Waals surface area contributed by atoms with Gasteiger partial charge in [-0.05, 0) is 55.3 Å². The number of rotatable bonds is 4. The van der Waals surface area contributed by atoms with Crippen LogP contribution in [0.3, 0.4) is 0 Å². The molecule has 0 bridgehead atoms. The number of halogens is 9. The lowest BCUT2D eigenvalue weighted by atomic mass is 9.80. The third-order valence-electron chi connectivity index (χ3n) is 6.26. The van der Waals surface area contributed by atoms with Gasteiger partial charge in [-0.3, -0.25) is 4.79 Å². The van der Waals surface area contributed by atoms with Crippen LogP contribution in [0.1, 0.15) is 42.0 Å². The number of benzene rings is 2. The van der Waals surface area contributed by atoms with Crippen LogP contribution in [-0.4, -0.2) is 37.0 Å². The van der Waals surface area contributed by atoms with Crippen molar-refractivity contribution in [1.82, 2.24) is 10.2 Å². The summed E-state index contributed by atoms with van der Waals surface area (Å²) in [5.74, 6) is -1.85. The maximum Gasteiger partial charge on any atom is 0.416 e. The molecule has 2 unspecified atom stereocenters. The molecule has 35 heavy (non-hydrogen) atoms. The molecule has 2 atom stereocenters. The predicted octanol–water partition coefficient (Wildman–Crippen LogP) is 6.66. The molecular weight excluding hydrogens is 524 g/mol. The lowest BCUT2D eigenvalue weighted by Gasteiger charge is -2.36. The quantitative estimate of drug-likeness (QED) is 0.436. The number of nitrogens with one attached hydrogen (secondary N) is 1. The Morgan fingerprint density at radius 3 is 1.80 bits per heavy atom. The zero-order valence-electron chi connectivity index (χ0n) is 18.7. The Labute approximate surface area is 207 Å². The van der Waals surface area contributed by atoms with E-state index in [4.69, 9.17) is 23.2 Å². The van der Waals surface area contributed by atoms with E-state index in [1.165, 1.54) is 25.8 Å². The summed E-state index contributed by atoms with van der Waals surface area (Å²) in [7, 11) is 1.40. The molecule has 1 N–H and O–H groups in total. The summed E-state index contributed by atoms with van der Waals surface area (Å²) in [6.45, 7) is 3.09. The number of hydrogen-bond donors (Lipinski definition) is 1. The molecule has 192 valence electrons. The Bertz CT molecular complexity index is 1080. The van der Waals surface area contributed by atoms with E-state index in [0.29, 0.717) is 24.2 Å². The number of carbonyl (C=O) groups is 1. The van der Waals surface area contributed by atoms with Crippen molar-refractivity contribution in [2.24, 2.45) is 0 Å². The minimum atomic E-state index is -5.04. The van der Waals surface area contributed by atoms with Crippen molar-refractivity contribution in [3.8, 4) is 0 Å². The van der Waals surface area contributed by atoms with Crippen LogP contribution >= 0.6 is 23.2 Å². The Morgan fingerprint density at radius 1 is 0.886 bits per heavy atom. The number of carbonyl (C=O) groups excluding carboxylic acids is 1. The molecule has 1 fully saturated rings. The Morgan fingerprint density at radius 2 is 1.34 bits per heavy atom. The van der Waals surface area contributed by atoms with Gasteiger partial charge in [0.25, 0.3) is 0 Å². The Balaban J connectivity index is 2.01. The third kappa shape index (κ3) is 5.54. The van der Waals surface area contributed by atoms with Gasteiger partial charge in [0.1, 0.15) is 5.82 Å². The Hall–Kier alpha value is -2.04. The van der Waals surface area contributed by atoms with Crippen LogP contribution in [0.15, 0.2) is 30.3 Å². The number of hydrogen-bond acceptors (Lipinski definition) is 2. The van der Waals surface area contributed by atoms with E-state index >= 15 is 0 Å². The molecule has 1 aliphatic heterocycles. The highest BCUT2D eigenvalue weighted by molar-refractivity contribution is 6.36. The van der Waals surface area contributed by atoms with Crippen molar-refractivity contribution in [2.75, 3.05) is 20.1 Å². The van der Waals surface area contributed by atoms with Gasteiger partial charge in [-0.1, -0.05) is 23.2 Å². The topological polar surface area (TPSA) is 32.3 Å². The maximum atomic E-state index is 13.6. The van der Waals surface area contributed by atoms with E-state index < -0.39 is 58.1 Å². The number of nitrogens with zero attached hydrogens (tertiary/aromatic N) is 1. The van der Waals surface area contributed by atoms with Crippen molar-refractivity contribution in [3.63, 3.8) is 0 Å². The minimum Gasteiger partial charge on any atom is -0.340 e. The van der Waals surface area contributed by atoms with Crippen molar-refractivity contribution in [1.29, 1.82) is 0 Å². The number of alkyl halides is 6. The average molecular weight is 545 g/mol. The number of amides is 1. The fourth-order valence-electron chi connectivity index (χ4n) is 4.30. The molecule has 1 heterocycles. The second kappa shape index (κ2) is 9.44. The molecule has 0 saturated carbocycles. The van der Waals surface area contributed by atoms with Gasteiger partial charge < -0.3 is 10.2 Å². The van der Waals surface area contributed by atoms with E-state index in [2.05, 4.69) is 5.32 Å². The first-order chi connectivity index (χ1) is 15.9. The van der Waals surface area contributed by atoms with Gasteiger partial charge in [0.15, 0.2) is 0 Å². The van der Waals surface area contributed by atoms with Crippen LogP contribution in [0.2, 0.25) is 10.0 Å².